The molecule has 0 N–H and O–H groups in total. The van der Waals surface area contributed by atoms with E-state index in [1.807, 2.05) is 38.1 Å². The average molecular weight is 306 g/mol. The average Bonchev–Trinajstić information content (AvgIpc) is 2.64. The molecule has 4 nitrogen and oxygen atoms in total. The monoisotopic (exact) mass is 306 g/mol. The first-order valence-corrected chi connectivity index (χ1v) is 7.91. The molecule has 0 unspecified atom stereocenters. The Bertz CT molecular complexity index is 466. The lowest BCUT2D eigenvalue weighted by atomic mass is 9.79. The van der Waals surface area contributed by atoms with Crippen molar-refractivity contribution in [3.8, 4) is 5.75 Å². The predicted octanol–water partition coefficient (Wildman–Crippen LogP) is 2.79. The van der Waals surface area contributed by atoms with Gasteiger partial charge in [0.15, 0.2) is 0 Å². The van der Waals surface area contributed by atoms with Crippen LogP contribution in [0.3, 0.4) is 0 Å². The molecule has 1 fully saturated rings. The summed E-state index contributed by atoms with van der Waals surface area (Å²) in [5.41, 5.74) is 0.367. The van der Waals surface area contributed by atoms with E-state index in [-0.39, 0.29) is 24.4 Å². The van der Waals surface area contributed by atoms with E-state index in [2.05, 4.69) is 27.7 Å². The molecule has 0 bridgehead atoms. The fourth-order valence-corrected chi connectivity index (χ4v) is 2.14. The molecule has 0 aliphatic carbocycles. The van der Waals surface area contributed by atoms with Gasteiger partial charge in [0, 0.05) is 0 Å². The molecule has 0 aromatic heterocycles. The van der Waals surface area contributed by atoms with Gasteiger partial charge in [-0.3, -0.25) is 0 Å². The number of rotatable bonds is 6. The maximum atomic E-state index is 6.03. The van der Waals surface area contributed by atoms with Crippen molar-refractivity contribution in [2.75, 3.05) is 13.2 Å². The summed E-state index contributed by atoms with van der Waals surface area (Å²) in [5, 5.41) is 0. The van der Waals surface area contributed by atoms with Crippen LogP contribution in [-0.4, -0.2) is 37.6 Å². The third-order valence-electron chi connectivity index (χ3n) is 4.21. The topological polar surface area (TPSA) is 36.9 Å². The fraction of sp³-hybridized carbons (Fsp3) is 0.647. The van der Waals surface area contributed by atoms with Crippen LogP contribution >= 0.6 is 0 Å². The van der Waals surface area contributed by atoms with E-state index in [1.54, 1.807) is 0 Å². The first kappa shape index (κ1) is 17.3. The van der Waals surface area contributed by atoms with E-state index >= 15 is 0 Å². The Labute approximate surface area is 134 Å². The van der Waals surface area contributed by atoms with Crippen LogP contribution in [0.1, 0.15) is 41.5 Å². The van der Waals surface area contributed by atoms with E-state index < -0.39 is 0 Å². The van der Waals surface area contributed by atoms with Gasteiger partial charge < -0.3 is 18.8 Å². The number of hydrogen-bond acceptors (Lipinski definition) is 4. The molecule has 0 spiro atoms. The van der Waals surface area contributed by atoms with E-state index in [4.69, 9.17) is 18.8 Å². The molecular weight excluding hydrogens is 279 g/mol. The van der Waals surface area contributed by atoms with Crippen LogP contribution < -0.4 is 10.2 Å². The van der Waals surface area contributed by atoms with Crippen LogP contribution in [0.15, 0.2) is 24.3 Å². The van der Waals surface area contributed by atoms with Gasteiger partial charge in [0.1, 0.15) is 12.4 Å². The van der Waals surface area contributed by atoms with E-state index in [1.165, 1.54) is 0 Å². The summed E-state index contributed by atoms with van der Waals surface area (Å²) < 4.78 is 23.2. The number of benzene rings is 1. The molecule has 0 amide bonds. The van der Waals surface area contributed by atoms with Crippen LogP contribution in [0.2, 0.25) is 0 Å². The van der Waals surface area contributed by atoms with Crippen LogP contribution in [0.25, 0.3) is 0 Å². The molecule has 2 rings (SSSR count). The van der Waals surface area contributed by atoms with Gasteiger partial charge in [0.2, 0.25) is 0 Å². The predicted molar refractivity (Wildman–Crippen MR) is 88.7 cm³/mol. The van der Waals surface area contributed by atoms with E-state index in [0.29, 0.717) is 13.2 Å². The van der Waals surface area contributed by atoms with Crippen LogP contribution in [0.5, 0.6) is 5.75 Å². The van der Waals surface area contributed by atoms with Gasteiger partial charge in [-0.1, -0.05) is 12.1 Å². The zero-order valence-electron chi connectivity index (χ0n) is 14.5. The first-order valence-electron chi connectivity index (χ1n) is 7.91. The summed E-state index contributed by atoms with van der Waals surface area (Å²) in [6, 6.07) is 7.85. The second-order valence-corrected chi connectivity index (χ2v) is 6.93. The largest absolute Gasteiger partial charge is 0.494 e. The van der Waals surface area contributed by atoms with Crippen molar-refractivity contribution in [2.45, 2.75) is 58.8 Å². The summed E-state index contributed by atoms with van der Waals surface area (Å²) in [5.74, 6) is 0.827. The van der Waals surface area contributed by atoms with Crippen molar-refractivity contribution in [3.63, 3.8) is 0 Å². The van der Waals surface area contributed by atoms with Crippen molar-refractivity contribution in [2.24, 2.45) is 0 Å². The van der Waals surface area contributed by atoms with Gasteiger partial charge in [-0.25, -0.2) is 0 Å². The zero-order valence-corrected chi connectivity index (χ0v) is 14.5. The molecule has 1 aliphatic rings. The highest BCUT2D eigenvalue weighted by atomic mass is 16.7. The van der Waals surface area contributed by atoms with Crippen molar-refractivity contribution in [1.82, 2.24) is 0 Å². The molecular formula is C17H27BO4. The molecule has 0 saturated carbocycles. The van der Waals surface area contributed by atoms with Crippen molar-refractivity contribution < 1.29 is 18.8 Å². The second-order valence-electron chi connectivity index (χ2n) is 6.93. The highest BCUT2D eigenvalue weighted by molar-refractivity contribution is 6.62. The van der Waals surface area contributed by atoms with Crippen LogP contribution in [0, 0.1) is 0 Å². The molecule has 0 radical (unpaired) electrons. The van der Waals surface area contributed by atoms with Gasteiger partial charge in [-0.05, 0) is 59.1 Å². The molecule has 1 aromatic carbocycles. The Kier molecular flexibility index (Phi) is 5.20. The Morgan fingerprint density at radius 3 is 2.00 bits per heavy atom. The first-order chi connectivity index (χ1) is 10.2. The molecule has 22 heavy (non-hydrogen) atoms. The Morgan fingerprint density at radius 2 is 1.50 bits per heavy atom. The Balaban J connectivity index is 1.90. The molecule has 1 heterocycles. The smallest absolute Gasteiger partial charge is 0.491 e. The highest BCUT2D eigenvalue weighted by Crippen LogP contribution is 2.36. The minimum Gasteiger partial charge on any atom is -0.491 e. The third kappa shape index (κ3) is 4.03. The standard InChI is InChI=1S/C17H27BO4/c1-13(2)19-11-12-20-15-9-7-14(8-10-15)18-21-16(3,4)17(5,6)22-18/h7-10,13H,11-12H2,1-6H3. The molecule has 0 atom stereocenters. The summed E-state index contributed by atoms with van der Waals surface area (Å²) in [6.45, 7) is 13.4. The minimum absolute atomic E-state index is 0.231. The Morgan fingerprint density at radius 1 is 0.955 bits per heavy atom. The lowest BCUT2D eigenvalue weighted by Crippen LogP contribution is -2.41. The number of hydrogen-bond donors (Lipinski definition) is 0. The van der Waals surface area contributed by atoms with Crippen molar-refractivity contribution in [1.29, 1.82) is 0 Å². The summed E-state index contributed by atoms with van der Waals surface area (Å²) in [6.07, 6.45) is 0.231. The Hall–Kier alpha value is -1.04. The van der Waals surface area contributed by atoms with Gasteiger partial charge in [0.25, 0.3) is 0 Å². The maximum absolute atomic E-state index is 6.03. The molecule has 1 saturated heterocycles. The normalized spacial score (nSPS) is 19.7. The molecule has 5 heteroatoms. The van der Waals surface area contributed by atoms with Gasteiger partial charge >= 0.3 is 7.12 Å². The van der Waals surface area contributed by atoms with Crippen molar-refractivity contribution >= 4 is 12.6 Å². The zero-order chi connectivity index (χ0) is 16.4. The quantitative estimate of drug-likeness (QED) is 0.598. The van der Waals surface area contributed by atoms with E-state index in [0.717, 1.165) is 11.2 Å². The van der Waals surface area contributed by atoms with Gasteiger partial charge in [0.05, 0.1) is 23.9 Å². The minimum atomic E-state index is -0.330. The van der Waals surface area contributed by atoms with Crippen LogP contribution in [0.4, 0.5) is 0 Å². The summed E-state index contributed by atoms with van der Waals surface area (Å²) >= 11 is 0. The third-order valence-corrected chi connectivity index (χ3v) is 4.21. The summed E-state index contributed by atoms with van der Waals surface area (Å²) in [4.78, 5) is 0. The SMILES string of the molecule is CC(C)OCCOc1ccc(B2OC(C)(C)C(C)(C)O2)cc1. The van der Waals surface area contributed by atoms with Crippen LogP contribution in [-0.2, 0) is 14.0 Å². The lowest BCUT2D eigenvalue weighted by Gasteiger charge is -2.32. The fourth-order valence-electron chi connectivity index (χ4n) is 2.14. The second kappa shape index (κ2) is 6.61. The van der Waals surface area contributed by atoms with E-state index in [9.17, 15) is 0 Å². The molecule has 1 aliphatic heterocycles. The summed E-state index contributed by atoms with van der Waals surface area (Å²) in [7, 11) is -0.330. The van der Waals surface area contributed by atoms with Gasteiger partial charge in [-0.15, -0.1) is 0 Å². The van der Waals surface area contributed by atoms with Crippen molar-refractivity contribution in [3.05, 3.63) is 24.3 Å². The molecule has 122 valence electrons. The molecule has 1 aromatic rings. The van der Waals surface area contributed by atoms with Gasteiger partial charge in [-0.2, -0.15) is 0 Å². The lowest BCUT2D eigenvalue weighted by molar-refractivity contribution is 0.00578. The highest BCUT2D eigenvalue weighted by Gasteiger charge is 2.51. The maximum Gasteiger partial charge on any atom is 0.494 e. The number of ether oxygens (including phenoxy) is 2.